The minimum absolute atomic E-state index is 0.0326. The van der Waals surface area contributed by atoms with Crippen LogP contribution in [0.25, 0.3) is 11.3 Å². The van der Waals surface area contributed by atoms with Gasteiger partial charge >= 0.3 is 0 Å². The number of aliphatic hydroxyl groups excluding tert-OH is 1. The summed E-state index contributed by atoms with van der Waals surface area (Å²) < 4.78 is 10.6. The van der Waals surface area contributed by atoms with E-state index in [2.05, 4.69) is 0 Å². The molecule has 2 aromatic rings. The molecule has 0 radical (unpaired) electrons. The van der Waals surface area contributed by atoms with Crippen LogP contribution in [-0.2, 0) is 9.59 Å². The van der Waals surface area contributed by atoms with Gasteiger partial charge in [0.05, 0.1) is 11.3 Å². The Bertz CT molecular complexity index is 1070. The van der Waals surface area contributed by atoms with E-state index in [0.29, 0.717) is 40.3 Å². The third-order valence-electron chi connectivity index (χ3n) is 4.76. The zero-order valence-corrected chi connectivity index (χ0v) is 15.3. The fraction of sp³-hybridized carbons (Fsp3) is 0.190. The summed E-state index contributed by atoms with van der Waals surface area (Å²) in [6.07, 6.45) is 0.302. The number of hydrogen-bond donors (Lipinski definition) is 1. The molecule has 2 aromatic carbocycles. The van der Waals surface area contributed by atoms with Crippen molar-refractivity contribution in [2.24, 2.45) is 0 Å². The highest BCUT2D eigenvalue weighted by Gasteiger charge is 2.38. The van der Waals surface area contributed by atoms with E-state index in [4.69, 9.17) is 9.47 Å². The summed E-state index contributed by atoms with van der Waals surface area (Å²) >= 11 is 0. The third-order valence-corrected chi connectivity index (χ3v) is 4.76. The fourth-order valence-electron chi connectivity index (χ4n) is 3.37. The molecular weight excluding hydrogens is 362 g/mol. The number of rotatable bonds is 3. The van der Waals surface area contributed by atoms with Gasteiger partial charge in [-0.1, -0.05) is 6.92 Å². The molecule has 0 saturated carbocycles. The maximum absolute atomic E-state index is 12.9. The van der Waals surface area contributed by atoms with Crippen LogP contribution >= 0.6 is 0 Å². The SMILES string of the molecule is CCC(=O)c1ccc2c(c1)/C(=C(/O)c1ccc3c(c1)OCO3)C(=O)N2C(C)=O. The Balaban J connectivity index is 1.91. The Labute approximate surface area is 160 Å². The van der Waals surface area contributed by atoms with Gasteiger partial charge in [0.15, 0.2) is 17.3 Å². The van der Waals surface area contributed by atoms with Gasteiger partial charge in [-0.05, 0) is 36.4 Å². The van der Waals surface area contributed by atoms with Crippen molar-refractivity contribution < 1.29 is 29.0 Å². The number of hydrogen-bond acceptors (Lipinski definition) is 6. The lowest BCUT2D eigenvalue weighted by atomic mass is 9.98. The Morgan fingerprint density at radius 2 is 1.79 bits per heavy atom. The lowest BCUT2D eigenvalue weighted by Crippen LogP contribution is -2.31. The van der Waals surface area contributed by atoms with E-state index in [1.807, 2.05) is 0 Å². The van der Waals surface area contributed by atoms with Gasteiger partial charge in [0, 0.05) is 30.0 Å². The zero-order valence-electron chi connectivity index (χ0n) is 15.3. The van der Waals surface area contributed by atoms with Crippen molar-refractivity contribution in [3.05, 3.63) is 53.1 Å². The number of benzene rings is 2. The lowest BCUT2D eigenvalue weighted by molar-refractivity contribution is -0.122. The van der Waals surface area contributed by atoms with Gasteiger partial charge in [-0.3, -0.25) is 14.4 Å². The van der Waals surface area contributed by atoms with Gasteiger partial charge in [-0.25, -0.2) is 4.90 Å². The molecule has 1 N–H and O–H groups in total. The fourth-order valence-corrected chi connectivity index (χ4v) is 3.37. The number of carbonyl (C=O) groups excluding carboxylic acids is 3. The normalized spacial score (nSPS) is 16.2. The molecule has 7 heteroatoms. The number of aliphatic hydroxyl groups is 1. The van der Waals surface area contributed by atoms with Crippen LogP contribution in [0.1, 0.15) is 41.8 Å². The first-order valence-electron chi connectivity index (χ1n) is 8.78. The van der Waals surface area contributed by atoms with Crippen LogP contribution in [0, 0.1) is 0 Å². The molecule has 0 aliphatic carbocycles. The minimum atomic E-state index is -0.640. The molecule has 0 unspecified atom stereocenters. The molecule has 0 aromatic heterocycles. The molecule has 2 amide bonds. The summed E-state index contributed by atoms with van der Waals surface area (Å²) in [5.41, 5.74) is 1.41. The number of anilines is 1. The molecule has 7 nitrogen and oxygen atoms in total. The summed E-state index contributed by atoms with van der Waals surface area (Å²) in [4.78, 5) is 38.1. The Morgan fingerprint density at radius 3 is 2.50 bits per heavy atom. The van der Waals surface area contributed by atoms with E-state index in [0.717, 1.165) is 4.90 Å². The third kappa shape index (κ3) is 2.63. The van der Waals surface area contributed by atoms with Gasteiger partial charge in [0.25, 0.3) is 5.91 Å². The average molecular weight is 379 g/mol. The van der Waals surface area contributed by atoms with Gasteiger partial charge in [-0.15, -0.1) is 0 Å². The topological polar surface area (TPSA) is 93.1 Å². The Morgan fingerprint density at radius 1 is 1.07 bits per heavy atom. The van der Waals surface area contributed by atoms with Crippen molar-refractivity contribution >= 4 is 34.6 Å². The van der Waals surface area contributed by atoms with Crippen LogP contribution in [0.2, 0.25) is 0 Å². The highest BCUT2D eigenvalue weighted by molar-refractivity contribution is 6.43. The first-order valence-corrected chi connectivity index (χ1v) is 8.78. The number of amides is 2. The number of Topliss-reactive ketones (excluding diaryl/α,β-unsaturated/α-hetero) is 1. The number of imide groups is 1. The van der Waals surface area contributed by atoms with Crippen LogP contribution in [0.3, 0.4) is 0 Å². The molecule has 2 aliphatic heterocycles. The number of ether oxygens (including phenoxy) is 2. The summed E-state index contributed by atoms with van der Waals surface area (Å²) in [5.74, 6) is -0.518. The number of ketones is 1. The molecule has 0 fully saturated rings. The largest absolute Gasteiger partial charge is 0.506 e. The smallest absolute Gasteiger partial charge is 0.269 e. The van der Waals surface area contributed by atoms with Crippen LogP contribution in [0.5, 0.6) is 11.5 Å². The van der Waals surface area contributed by atoms with Crippen molar-refractivity contribution in [3.8, 4) is 11.5 Å². The van der Waals surface area contributed by atoms with E-state index in [9.17, 15) is 19.5 Å². The highest BCUT2D eigenvalue weighted by atomic mass is 16.7. The molecule has 4 rings (SSSR count). The summed E-state index contributed by atoms with van der Waals surface area (Å²) in [7, 11) is 0. The summed E-state index contributed by atoms with van der Waals surface area (Å²) in [6, 6.07) is 9.47. The van der Waals surface area contributed by atoms with Gasteiger partial charge < -0.3 is 14.6 Å². The van der Waals surface area contributed by atoms with Crippen molar-refractivity contribution in [3.63, 3.8) is 0 Å². The first kappa shape index (κ1) is 17.8. The first-order chi connectivity index (χ1) is 13.4. The van der Waals surface area contributed by atoms with Crippen molar-refractivity contribution in [1.82, 2.24) is 0 Å². The molecule has 142 valence electrons. The van der Waals surface area contributed by atoms with Gasteiger partial charge in [0.2, 0.25) is 12.7 Å². The molecule has 0 atom stereocenters. The Hall–Kier alpha value is -3.61. The molecular formula is C21H17NO6. The lowest BCUT2D eigenvalue weighted by Gasteiger charge is -2.12. The highest BCUT2D eigenvalue weighted by Crippen LogP contribution is 2.42. The molecule has 2 heterocycles. The van der Waals surface area contributed by atoms with E-state index in [1.165, 1.54) is 6.92 Å². The molecule has 0 spiro atoms. The van der Waals surface area contributed by atoms with E-state index in [1.54, 1.807) is 43.3 Å². The van der Waals surface area contributed by atoms with E-state index in [-0.39, 0.29) is 23.9 Å². The molecule has 0 saturated heterocycles. The standard InChI is InChI=1S/C21H17NO6/c1-3-16(24)12-4-6-15-14(8-12)19(21(26)22(15)11(2)23)20(25)13-5-7-17-18(9-13)28-10-27-17/h4-9,25H,3,10H2,1-2H3/b20-19-. The minimum Gasteiger partial charge on any atom is -0.506 e. The maximum atomic E-state index is 12.9. The van der Waals surface area contributed by atoms with E-state index < -0.39 is 11.8 Å². The van der Waals surface area contributed by atoms with Crippen LogP contribution in [0.4, 0.5) is 5.69 Å². The average Bonchev–Trinajstić information content (AvgIpc) is 3.26. The van der Waals surface area contributed by atoms with Crippen LogP contribution < -0.4 is 14.4 Å². The van der Waals surface area contributed by atoms with Crippen molar-refractivity contribution in [2.75, 3.05) is 11.7 Å². The van der Waals surface area contributed by atoms with Gasteiger partial charge in [-0.2, -0.15) is 0 Å². The molecule has 0 bridgehead atoms. The summed E-state index contributed by atoms with van der Waals surface area (Å²) in [6.45, 7) is 3.09. The Kier molecular flexibility index (Phi) is 4.15. The second kappa shape index (κ2) is 6.53. The predicted octanol–water partition coefficient (Wildman–Crippen LogP) is 3.33. The number of fused-ring (bicyclic) bond motifs is 2. The summed E-state index contributed by atoms with van der Waals surface area (Å²) in [5, 5.41) is 10.9. The van der Waals surface area contributed by atoms with Crippen LogP contribution in [-0.4, -0.2) is 29.5 Å². The predicted molar refractivity (Wildman–Crippen MR) is 101 cm³/mol. The monoisotopic (exact) mass is 379 g/mol. The molecule has 2 aliphatic rings. The van der Waals surface area contributed by atoms with Gasteiger partial charge in [0.1, 0.15) is 5.76 Å². The number of nitrogens with zero attached hydrogens (tertiary/aromatic N) is 1. The van der Waals surface area contributed by atoms with Crippen molar-refractivity contribution in [2.45, 2.75) is 20.3 Å². The zero-order chi connectivity index (χ0) is 20.0. The second-order valence-electron chi connectivity index (χ2n) is 6.46. The number of carbonyl (C=O) groups is 3. The van der Waals surface area contributed by atoms with Crippen molar-refractivity contribution in [1.29, 1.82) is 0 Å². The molecule has 28 heavy (non-hydrogen) atoms. The van der Waals surface area contributed by atoms with E-state index >= 15 is 0 Å². The quantitative estimate of drug-likeness (QED) is 0.500. The second-order valence-corrected chi connectivity index (χ2v) is 6.46. The van der Waals surface area contributed by atoms with Crippen LogP contribution in [0.15, 0.2) is 36.4 Å². The maximum Gasteiger partial charge on any atom is 0.269 e.